The largest absolute Gasteiger partial charge is 0.494 e. The lowest BCUT2D eigenvalue weighted by Gasteiger charge is -2.08. The van der Waals surface area contributed by atoms with Gasteiger partial charge >= 0.3 is 0 Å². The Balaban J connectivity index is 1.66. The molecule has 0 spiro atoms. The highest BCUT2D eigenvalue weighted by Gasteiger charge is 2.11. The molecule has 0 unspecified atom stereocenters. The van der Waals surface area contributed by atoms with Crippen molar-refractivity contribution in [2.24, 2.45) is 0 Å². The molecule has 0 aliphatic rings. The highest BCUT2D eigenvalue weighted by molar-refractivity contribution is 9.10. The monoisotopic (exact) mass is 430 g/mol. The Labute approximate surface area is 165 Å². The van der Waals surface area contributed by atoms with Gasteiger partial charge in [0.05, 0.1) is 18.7 Å². The van der Waals surface area contributed by atoms with Crippen molar-refractivity contribution in [3.05, 3.63) is 63.6 Å². The number of carbonyl (C=O) groups is 1. The average molecular weight is 431 g/mol. The first-order valence-corrected chi connectivity index (χ1v) is 9.96. The van der Waals surface area contributed by atoms with Crippen molar-refractivity contribution < 1.29 is 9.53 Å². The Morgan fingerprint density at radius 3 is 2.73 bits per heavy atom. The van der Waals surface area contributed by atoms with Crippen LogP contribution in [-0.4, -0.2) is 17.5 Å². The van der Waals surface area contributed by atoms with Gasteiger partial charge in [-0.05, 0) is 55.8 Å². The number of rotatable bonds is 6. The maximum Gasteiger partial charge on any atom is 0.230 e. The zero-order valence-electron chi connectivity index (χ0n) is 14.6. The fraction of sp³-hybridized carbons (Fsp3) is 0.200. The van der Waals surface area contributed by atoms with Crippen molar-refractivity contribution in [3.63, 3.8) is 0 Å². The molecule has 0 fully saturated rings. The molecular formula is C20H19BrN2O2S. The van der Waals surface area contributed by atoms with Crippen molar-refractivity contribution in [2.45, 2.75) is 20.3 Å². The molecule has 2 aromatic carbocycles. The Hall–Kier alpha value is -2.18. The van der Waals surface area contributed by atoms with E-state index >= 15 is 0 Å². The van der Waals surface area contributed by atoms with Crippen molar-refractivity contribution in [2.75, 3.05) is 11.9 Å². The number of hydrogen-bond donors (Lipinski definition) is 1. The Bertz CT molecular complexity index is 906. The van der Waals surface area contributed by atoms with Crippen LogP contribution in [0.25, 0.3) is 10.6 Å². The van der Waals surface area contributed by atoms with Gasteiger partial charge in [-0.2, -0.15) is 0 Å². The number of nitrogens with zero attached hydrogens (tertiary/aromatic N) is 1. The third-order valence-electron chi connectivity index (χ3n) is 3.78. The second-order valence-corrected chi connectivity index (χ2v) is 7.56. The summed E-state index contributed by atoms with van der Waals surface area (Å²) in [6, 6.07) is 13.7. The molecule has 3 aromatic rings. The number of amides is 1. The SMILES string of the molecule is CCOc1ccc(-c2nc(CC(=O)Nc3cc(Br)ccc3C)cs2)cc1. The molecule has 0 saturated heterocycles. The third-order valence-corrected chi connectivity index (χ3v) is 5.21. The minimum Gasteiger partial charge on any atom is -0.494 e. The van der Waals surface area contributed by atoms with Gasteiger partial charge in [0.15, 0.2) is 0 Å². The molecule has 4 nitrogen and oxygen atoms in total. The number of benzene rings is 2. The summed E-state index contributed by atoms with van der Waals surface area (Å²) in [5.41, 5.74) is 3.62. The Morgan fingerprint density at radius 2 is 2.00 bits per heavy atom. The minimum atomic E-state index is -0.0743. The second kappa shape index (κ2) is 8.47. The van der Waals surface area contributed by atoms with Gasteiger partial charge in [0, 0.05) is 21.1 Å². The number of nitrogens with one attached hydrogen (secondary N) is 1. The summed E-state index contributed by atoms with van der Waals surface area (Å²) in [6.07, 6.45) is 0.249. The van der Waals surface area contributed by atoms with Crippen LogP contribution in [-0.2, 0) is 11.2 Å². The summed E-state index contributed by atoms with van der Waals surface area (Å²) in [5, 5.41) is 5.78. The van der Waals surface area contributed by atoms with Crippen LogP contribution in [0.4, 0.5) is 5.69 Å². The zero-order chi connectivity index (χ0) is 18.5. The van der Waals surface area contributed by atoms with E-state index in [1.165, 1.54) is 11.3 Å². The van der Waals surface area contributed by atoms with E-state index in [4.69, 9.17) is 4.74 Å². The Morgan fingerprint density at radius 1 is 1.23 bits per heavy atom. The molecule has 1 N–H and O–H groups in total. The van der Waals surface area contributed by atoms with E-state index in [1.807, 2.05) is 61.7 Å². The lowest BCUT2D eigenvalue weighted by molar-refractivity contribution is -0.115. The van der Waals surface area contributed by atoms with E-state index in [1.54, 1.807) is 0 Å². The molecular weight excluding hydrogens is 412 g/mol. The highest BCUT2D eigenvalue weighted by Crippen LogP contribution is 2.26. The highest BCUT2D eigenvalue weighted by atomic mass is 79.9. The topological polar surface area (TPSA) is 51.2 Å². The number of carbonyl (C=O) groups excluding carboxylic acids is 1. The molecule has 0 radical (unpaired) electrons. The molecule has 134 valence electrons. The van der Waals surface area contributed by atoms with Crippen LogP contribution in [0.15, 0.2) is 52.3 Å². The molecule has 1 aromatic heterocycles. The van der Waals surface area contributed by atoms with Crippen LogP contribution < -0.4 is 10.1 Å². The van der Waals surface area contributed by atoms with Gasteiger partial charge in [-0.25, -0.2) is 4.98 Å². The number of hydrogen-bond acceptors (Lipinski definition) is 4. The van der Waals surface area contributed by atoms with Gasteiger partial charge < -0.3 is 10.1 Å². The van der Waals surface area contributed by atoms with E-state index in [9.17, 15) is 4.79 Å². The number of ether oxygens (including phenoxy) is 1. The smallest absolute Gasteiger partial charge is 0.230 e. The van der Waals surface area contributed by atoms with Crippen molar-refractivity contribution >= 4 is 38.9 Å². The normalized spacial score (nSPS) is 10.6. The number of aromatic nitrogens is 1. The average Bonchev–Trinajstić information content (AvgIpc) is 3.07. The van der Waals surface area contributed by atoms with E-state index in [-0.39, 0.29) is 12.3 Å². The standard InChI is InChI=1S/C20H19BrN2O2S/c1-3-25-17-8-5-14(6-9-17)20-22-16(12-26-20)11-19(24)23-18-10-15(21)7-4-13(18)2/h4-10,12H,3,11H2,1-2H3,(H,23,24). The number of anilines is 1. The molecule has 0 saturated carbocycles. The lowest BCUT2D eigenvalue weighted by Crippen LogP contribution is -2.15. The van der Waals surface area contributed by atoms with Crippen LogP contribution in [0.2, 0.25) is 0 Å². The minimum absolute atomic E-state index is 0.0743. The quantitative estimate of drug-likeness (QED) is 0.564. The van der Waals surface area contributed by atoms with Crippen LogP contribution in [0.1, 0.15) is 18.2 Å². The van der Waals surface area contributed by atoms with Crippen LogP contribution >= 0.6 is 27.3 Å². The maximum atomic E-state index is 12.3. The van der Waals surface area contributed by atoms with E-state index in [0.29, 0.717) is 6.61 Å². The van der Waals surface area contributed by atoms with E-state index < -0.39 is 0 Å². The molecule has 26 heavy (non-hydrogen) atoms. The van der Waals surface area contributed by atoms with Gasteiger partial charge in [0.2, 0.25) is 5.91 Å². The third kappa shape index (κ3) is 4.71. The van der Waals surface area contributed by atoms with Crippen LogP contribution in [0.5, 0.6) is 5.75 Å². The lowest BCUT2D eigenvalue weighted by atomic mass is 10.2. The number of thiazole rings is 1. The summed E-state index contributed by atoms with van der Waals surface area (Å²) in [6.45, 7) is 4.57. The summed E-state index contributed by atoms with van der Waals surface area (Å²) < 4.78 is 6.39. The summed E-state index contributed by atoms with van der Waals surface area (Å²) in [7, 11) is 0. The Kier molecular flexibility index (Phi) is 6.06. The van der Waals surface area contributed by atoms with Crippen LogP contribution in [0, 0.1) is 6.92 Å². The van der Waals surface area contributed by atoms with Gasteiger partial charge in [0.25, 0.3) is 0 Å². The molecule has 0 atom stereocenters. The fourth-order valence-corrected chi connectivity index (χ4v) is 3.66. The first-order valence-electron chi connectivity index (χ1n) is 8.29. The van der Waals surface area contributed by atoms with Gasteiger partial charge in [0.1, 0.15) is 10.8 Å². The van der Waals surface area contributed by atoms with Gasteiger partial charge in [-0.1, -0.05) is 22.0 Å². The zero-order valence-corrected chi connectivity index (χ0v) is 17.0. The predicted octanol–water partition coefficient (Wildman–Crippen LogP) is 5.46. The van der Waals surface area contributed by atoms with Crippen LogP contribution in [0.3, 0.4) is 0 Å². The summed E-state index contributed by atoms with van der Waals surface area (Å²) in [5.74, 6) is 0.770. The van der Waals surface area contributed by atoms with E-state index in [0.717, 1.165) is 37.7 Å². The summed E-state index contributed by atoms with van der Waals surface area (Å²) >= 11 is 4.96. The molecule has 0 aliphatic carbocycles. The van der Waals surface area contributed by atoms with Gasteiger partial charge in [-0.3, -0.25) is 4.79 Å². The molecule has 1 amide bonds. The predicted molar refractivity (Wildman–Crippen MR) is 110 cm³/mol. The van der Waals surface area contributed by atoms with Gasteiger partial charge in [-0.15, -0.1) is 11.3 Å². The number of halogens is 1. The first kappa shape index (κ1) is 18.6. The molecule has 1 heterocycles. The molecule has 6 heteroatoms. The first-order chi connectivity index (χ1) is 12.5. The molecule has 3 rings (SSSR count). The number of aryl methyl sites for hydroxylation is 1. The van der Waals surface area contributed by atoms with Crippen molar-refractivity contribution in [1.82, 2.24) is 4.98 Å². The summed E-state index contributed by atoms with van der Waals surface area (Å²) in [4.78, 5) is 16.9. The van der Waals surface area contributed by atoms with Crippen molar-refractivity contribution in [3.8, 4) is 16.3 Å². The van der Waals surface area contributed by atoms with E-state index in [2.05, 4.69) is 26.2 Å². The fourth-order valence-electron chi connectivity index (χ4n) is 2.47. The molecule has 0 aliphatic heterocycles. The maximum absolute atomic E-state index is 12.3. The molecule has 0 bridgehead atoms. The van der Waals surface area contributed by atoms with Crippen molar-refractivity contribution in [1.29, 1.82) is 0 Å². The second-order valence-electron chi connectivity index (χ2n) is 5.79.